The Morgan fingerprint density at radius 3 is 2.72 bits per heavy atom. The molecule has 0 aliphatic rings. The van der Waals surface area contributed by atoms with E-state index in [9.17, 15) is 22.8 Å². The van der Waals surface area contributed by atoms with Crippen molar-refractivity contribution in [3.05, 3.63) is 46.0 Å². The highest BCUT2D eigenvalue weighted by atomic mass is 19.4. The summed E-state index contributed by atoms with van der Waals surface area (Å²) in [6.07, 6.45) is -3.59. The number of pyridine rings is 1. The average Bonchev–Trinajstić information content (AvgIpc) is 3.03. The fraction of sp³-hybridized carbons (Fsp3) is 0.143. The highest BCUT2D eigenvalue weighted by Gasteiger charge is 2.35. The van der Waals surface area contributed by atoms with Crippen molar-refractivity contribution < 1.29 is 22.7 Å². The van der Waals surface area contributed by atoms with Crippen molar-refractivity contribution in [2.75, 3.05) is 12.4 Å². The van der Waals surface area contributed by atoms with Gasteiger partial charge in [-0.1, -0.05) is 6.07 Å². The van der Waals surface area contributed by atoms with Crippen molar-refractivity contribution in [2.45, 2.75) is 6.18 Å². The van der Waals surface area contributed by atoms with Crippen LogP contribution in [0, 0.1) is 0 Å². The van der Waals surface area contributed by atoms with E-state index >= 15 is 0 Å². The number of carbonyl (C=O) groups is 1. The molecule has 0 fully saturated rings. The average molecular weight is 353 g/mol. The molecule has 1 amide bonds. The minimum Gasteiger partial charge on any atom is -0.495 e. The molecule has 0 spiro atoms. The zero-order valence-electron chi connectivity index (χ0n) is 12.6. The second kappa shape index (κ2) is 5.92. The number of hydrogen-bond donors (Lipinski definition) is 3. The molecule has 0 unspecified atom stereocenters. The Kier molecular flexibility index (Phi) is 3.91. The van der Waals surface area contributed by atoms with Crippen LogP contribution >= 0.6 is 0 Å². The number of methoxy groups -OCH3 is 1. The van der Waals surface area contributed by atoms with Gasteiger partial charge in [-0.3, -0.25) is 20.0 Å². The Labute approximate surface area is 137 Å². The van der Waals surface area contributed by atoms with E-state index in [0.717, 1.165) is 6.20 Å². The molecule has 25 heavy (non-hydrogen) atoms. The van der Waals surface area contributed by atoms with Crippen LogP contribution in [0.15, 0.2) is 29.2 Å². The summed E-state index contributed by atoms with van der Waals surface area (Å²) in [5.74, 6) is -2.49. The highest BCUT2D eigenvalue weighted by Crippen LogP contribution is 2.26. The summed E-state index contributed by atoms with van der Waals surface area (Å²) in [7, 11) is 1.43. The van der Waals surface area contributed by atoms with Gasteiger partial charge >= 0.3 is 6.18 Å². The molecule has 0 saturated heterocycles. The fourth-order valence-electron chi connectivity index (χ4n) is 2.18. The van der Waals surface area contributed by atoms with E-state index in [0.29, 0.717) is 11.3 Å². The zero-order valence-corrected chi connectivity index (χ0v) is 12.6. The van der Waals surface area contributed by atoms with Crippen molar-refractivity contribution >= 4 is 22.8 Å². The molecular weight excluding hydrogens is 343 g/mol. The molecule has 2 aromatic heterocycles. The lowest BCUT2D eigenvalue weighted by atomic mass is 10.1. The van der Waals surface area contributed by atoms with Crippen molar-refractivity contribution in [1.82, 2.24) is 20.2 Å². The van der Waals surface area contributed by atoms with Gasteiger partial charge in [0.05, 0.1) is 18.0 Å². The zero-order chi connectivity index (χ0) is 18.2. The van der Waals surface area contributed by atoms with Crippen molar-refractivity contribution in [1.29, 1.82) is 0 Å². The van der Waals surface area contributed by atoms with Crippen LogP contribution in [-0.4, -0.2) is 33.2 Å². The second-order valence-corrected chi connectivity index (χ2v) is 4.87. The maximum absolute atomic E-state index is 12.5. The molecule has 0 saturated carbocycles. The van der Waals surface area contributed by atoms with Gasteiger partial charge in [0.2, 0.25) is 17.2 Å². The molecule has 11 heteroatoms. The minimum absolute atomic E-state index is 0.193. The number of halogens is 3. The third kappa shape index (κ3) is 3.03. The molecule has 130 valence electrons. The van der Waals surface area contributed by atoms with E-state index in [1.54, 1.807) is 17.2 Å². The third-order valence-electron chi connectivity index (χ3n) is 3.32. The van der Waals surface area contributed by atoms with E-state index in [1.165, 1.54) is 13.2 Å². The first-order valence-electron chi connectivity index (χ1n) is 6.80. The lowest BCUT2D eigenvalue weighted by Gasteiger charge is -2.06. The lowest BCUT2D eigenvalue weighted by Crippen LogP contribution is -2.22. The van der Waals surface area contributed by atoms with Crippen LogP contribution < -0.4 is 15.5 Å². The summed E-state index contributed by atoms with van der Waals surface area (Å²) in [5, 5.41) is 7.14. The largest absolute Gasteiger partial charge is 0.495 e. The highest BCUT2D eigenvalue weighted by molar-refractivity contribution is 6.05. The van der Waals surface area contributed by atoms with Crippen LogP contribution in [0.2, 0.25) is 0 Å². The number of amides is 1. The smallest absolute Gasteiger partial charge is 0.451 e. The predicted molar refractivity (Wildman–Crippen MR) is 80.5 cm³/mol. The number of benzene rings is 1. The van der Waals surface area contributed by atoms with Gasteiger partial charge in [0.25, 0.3) is 5.91 Å². The number of anilines is 1. The summed E-state index contributed by atoms with van der Waals surface area (Å²) in [6, 6.07) is 4.69. The number of fused-ring (bicyclic) bond motifs is 1. The standard InChI is InChI=1S/C14H10F3N5O3/c1-25-8-4-2-3-6-9(8)18-5-7(10(6)23)11(24)19-13-20-12(21-22-13)14(15,16)17/h2-5H,1H3,(H,18,23)(H2,19,20,21,22,24). The molecule has 0 aliphatic carbocycles. The topological polar surface area (TPSA) is 113 Å². The summed E-state index contributed by atoms with van der Waals surface area (Å²) in [6.45, 7) is 0. The van der Waals surface area contributed by atoms with Gasteiger partial charge in [-0.05, 0) is 12.1 Å². The van der Waals surface area contributed by atoms with Crippen LogP contribution in [0.4, 0.5) is 19.1 Å². The maximum atomic E-state index is 12.5. The number of rotatable bonds is 3. The molecule has 3 aromatic rings. The molecule has 3 rings (SSSR count). The number of nitrogens with one attached hydrogen (secondary N) is 3. The number of nitrogens with zero attached hydrogens (tertiary/aromatic N) is 2. The van der Waals surface area contributed by atoms with Gasteiger partial charge in [0, 0.05) is 6.20 Å². The van der Waals surface area contributed by atoms with E-state index in [4.69, 9.17) is 4.74 Å². The Bertz CT molecular complexity index is 1010. The Hall–Kier alpha value is -3.37. The van der Waals surface area contributed by atoms with E-state index < -0.39 is 29.3 Å². The number of hydrogen-bond acceptors (Lipinski definition) is 5. The van der Waals surface area contributed by atoms with Gasteiger partial charge in [-0.2, -0.15) is 18.2 Å². The number of aromatic amines is 2. The number of H-pyrrole nitrogens is 2. The maximum Gasteiger partial charge on any atom is 0.451 e. The van der Waals surface area contributed by atoms with E-state index in [2.05, 4.69) is 15.1 Å². The van der Waals surface area contributed by atoms with Crippen LogP contribution in [0.25, 0.3) is 10.9 Å². The summed E-state index contributed by atoms with van der Waals surface area (Å²) < 4.78 is 42.5. The Morgan fingerprint density at radius 2 is 2.08 bits per heavy atom. The van der Waals surface area contributed by atoms with Crippen LogP contribution in [0.5, 0.6) is 5.75 Å². The Morgan fingerprint density at radius 1 is 1.32 bits per heavy atom. The molecule has 0 aliphatic heterocycles. The second-order valence-electron chi connectivity index (χ2n) is 4.87. The van der Waals surface area contributed by atoms with Gasteiger partial charge in [-0.25, -0.2) is 0 Å². The summed E-state index contributed by atoms with van der Waals surface area (Å²) in [4.78, 5) is 30.5. The first kappa shape index (κ1) is 16.5. The monoisotopic (exact) mass is 353 g/mol. The Balaban J connectivity index is 1.94. The minimum atomic E-state index is -4.73. The van der Waals surface area contributed by atoms with Crippen molar-refractivity contribution in [2.24, 2.45) is 0 Å². The molecule has 8 nitrogen and oxygen atoms in total. The number of para-hydroxylation sites is 1. The van der Waals surface area contributed by atoms with Crippen molar-refractivity contribution in [3.8, 4) is 5.75 Å². The predicted octanol–water partition coefficient (Wildman–Crippen LogP) is 1.93. The van der Waals surface area contributed by atoms with Crippen LogP contribution in [-0.2, 0) is 6.18 Å². The number of aromatic nitrogens is 4. The molecule has 1 aromatic carbocycles. The van der Waals surface area contributed by atoms with Gasteiger partial charge in [0.1, 0.15) is 11.3 Å². The molecule has 0 radical (unpaired) electrons. The molecule has 2 heterocycles. The van der Waals surface area contributed by atoms with Gasteiger partial charge in [0.15, 0.2) is 0 Å². The number of carbonyl (C=O) groups excluding carboxylic acids is 1. The fourth-order valence-corrected chi connectivity index (χ4v) is 2.18. The summed E-state index contributed by atoms with van der Waals surface area (Å²) >= 11 is 0. The van der Waals surface area contributed by atoms with Crippen LogP contribution in [0.3, 0.4) is 0 Å². The SMILES string of the molecule is COc1cccc2c(=O)c(C(=O)Nc3n[nH]c(C(F)(F)F)n3)c[nH]c12. The van der Waals surface area contributed by atoms with Crippen molar-refractivity contribution in [3.63, 3.8) is 0 Å². The van der Waals surface area contributed by atoms with E-state index in [1.807, 2.05) is 5.32 Å². The first-order valence-corrected chi connectivity index (χ1v) is 6.80. The quantitative estimate of drug-likeness (QED) is 0.666. The van der Waals surface area contributed by atoms with Crippen LogP contribution in [0.1, 0.15) is 16.2 Å². The number of ether oxygens (including phenoxy) is 1. The third-order valence-corrected chi connectivity index (χ3v) is 3.32. The lowest BCUT2D eigenvalue weighted by molar-refractivity contribution is -0.144. The number of alkyl halides is 3. The van der Waals surface area contributed by atoms with Gasteiger partial charge in [-0.15, -0.1) is 5.10 Å². The normalized spacial score (nSPS) is 11.5. The molecule has 3 N–H and O–H groups in total. The van der Waals surface area contributed by atoms with Gasteiger partial charge < -0.3 is 9.72 Å². The molecule has 0 bridgehead atoms. The molecular formula is C14H10F3N5O3. The summed E-state index contributed by atoms with van der Waals surface area (Å²) in [5.41, 5.74) is -0.528. The first-order chi connectivity index (χ1) is 11.8. The van der Waals surface area contributed by atoms with E-state index in [-0.39, 0.29) is 10.9 Å². The molecule has 0 atom stereocenters.